The van der Waals surface area contributed by atoms with Crippen molar-refractivity contribution in [1.82, 2.24) is 10.7 Å². The van der Waals surface area contributed by atoms with E-state index in [1.165, 1.54) is 11.1 Å². The van der Waals surface area contributed by atoms with Gasteiger partial charge in [-0.15, -0.1) is 0 Å². The molecule has 2 aromatic carbocycles. The van der Waals surface area contributed by atoms with Gasteiger partial charge >= 0.3 is 11.9 Å². The Labute approximate surface area is 215 Å². The maximum atomic E-state index is 11.2. The molecule has 0 saturated carbocycles. The number of alkyl halides is 2. The number of hydrogen-bond donors (Lipinski definition) is 6. The Morgan fingerprint density at radius 1 is 1.11 bits per heavy atom. The van der Waals surface area contributed by atoms with E-state index in [-0.39, 0.29) is 5.71 Å². The third kappa shape index (κ3) is 13.3. The summed E-state index contributed by atoms with van der Waals surface area (Å²) in [6.07, 6.45) is 0.685. The topological polar surface area (TPSA) is 158 Å². The maximum absolute atomic E-state index is 11.2. The lowest BCUT2D eigenvalue weighted by Gasteiger charge is -2.11. The van der Waals surface area contributed by atoms with Gasteiger partial charge in [-0.25, -0.2) is 4.79 Å². The van der Waals surface area contributed by atoms with Gasteiger partial charge in [0.2, 0.25) is 6.41 Å². The van der Waals surface area contributed by atoms with E-state index in [0.29, 0.717) is 25.6 Å². The number of aryl methyl sites for hydroxylation is 2. The van der Waals surface area contributed by atoms with Crippen molar-refractivity contribution < 1.29 is 28.3 Å². The third-order valence-corrected chi connectivity index (χ3v) is 4.57. The van der Waals surface area contributed by atoms with Gasteiger partial charge in [0, 0.05) is 38.9 Å². The first kappa shape index (κ1) is 32.5. The predicted octanol–water partition coefficient (Wildman–Crippen LogP) is 2.99. The summed E-state index contributed by atoms with van der Waals surface area (Å²) in [5, 5.41) is 20.0. The van der Waals surface area contributed by atoms with Crippen LogP contribution in [0.4, 0.5) is 20.2 Å². The number of anilines is 2. The van der Waals surface area contributed by atoms with Gasteiger partial charge < -0.3 is 32.2 Å². The number of amides is 2. The fourth-order valence-corrected chi connectivity index (χ4v) is 2.41. The fraction of sp³-hybridized carbons (Fsp3) is 0.280. The Morgan fingerprint density at radius 3 is 2.19 bits per heavy atom. The molecular weight excluding hydrogens is 486 g/mol. The molecule has 0 unspecified atom stereocenters. The summed E-state index contributed by atoms with van der Waals surface area (Å²) in [4.78, 5) is 30.5. The molecule has 0 aliphatic rings. The zero-order valence-corrected chi connectivity index (χ0v) is 21.5. The second-order valence-electron chi connectivity index (χ2n) is 7.59. The third-order valence-electron chi connectivity index (χ3n) is 4.57. The molecule has 0 fully saturated rings. The van der Waals surface area contributed by atoms with Gasteiger partial charge in [-0.1, -0.05) is 24.8 Å². The first-order chi connectivity index (χ1) is 17.3. The number of rotatable bonds is 10. The molecule has 0 saturated heterocycles. The van der Waals surface area contributed by atoms with Crippen LogP contribution >= 0.6 is 0 Å². The van der Waals surface area contributed by atoms with Gasteiger partial charge in [-0.2, -0.15) is 13.9 Å². The van der Waals surface area contributed by atoms with Crippen LogP contribution in [0.1, 0.15) is 23.6 Å². The molecule has 0 aliphatic heterocycles. The summed E-state index contributed by atoms with van der Waals surface area (Å²) in [5.41, 5.74) is 13.6. The number of nitrogens with two attached hydrogens (primary N) is 1. The lowest BCUT2D eigenvalue weighted by atomic mass is 10.1. The summed E-state index contributed by atoms with van der Waals surface area (Å²) in [6.45, 7) is 8.68. The van der Waals surface area contributed by atoms with Crippen LogP contribution in [0.2, 0.25) is 0 Å². The number of carboxylic acid groups (broad SMARTS) is 1. The number of aliphatic carboxylic acids is 1. The van der Waals surface area contributed by atoms with E-state index in [9.17, 15) is 23.2 Å². The van der Waals surface area contributed by atoms with Gasteiger partial charge in [0.25, 0.3) is 5.91 Å². The lowest BCUT2D eigenvalue weighted by Crippen LogP contribution is -2.32. The molecule has 0 heterocycles. The molecule has 202 valence electrons. The Morgan fingerprint density at radius 2 is 1.73 bits per heavy atom. The van der Waals surface area contributed by atoms with Crippen LogP contribution < -0.4 is 27.1 Å². The number of carbonyl (C=O) groups excluding carboxylic acids is 2. The molecule has 7 N–H and O–H groups in total. The maximum Gasteiger partial charge on any atom is 0.374 e. The molecule has 0 atom stereocenters. The molecular formula is C25H34F2N6O4. The van der Waals surface area contributed by atoms with Crippen molar-refractivity contribution >= 4 is 35.4 Å². The number of carboxylic acids is 1. The largest absolute Gasteiger partial charge is 0.477 e. The molecule has 12 heteroatoms. The number of hydrazone groups is 1. The summed E-state index contributed by atoms with van der Waals surface area (Å²) < 4.78 is 22.5. The minimum absolute atomic E-state index is 0.0901. The average molecular weight is 521 g/mol. The van der Waals surface area contributed by atoms with Crippen LogP contribution in [0.25, 0.3) is 0 Å². The summed E-state index contributed by atoms with van der Waals surface area (Å²) in [7, 11) is 3.45. The smallest absolute Gasteiger partial charge is 0.374 e. The highest BCUT2D eigenvalue weighted by molar-refractivity contribution is 6.44. The molecule has 37 heavy (non-hydrogen) atoms. The molecule has 0 aromatic heterocycles. The highest BCUT2D eigenvalue weighted by atomic mass is 19.3. The lowest BCUT2D eigenvalue weighted by molar-refractivity contribution is -0.161. The van der Waals surface area contributed by atoms with Crippen molar-refractivity contribution in [2.45, 2.75) is 33.2 Å². The molecule has 2 aromatic rings. The fourth-order valence-electron chi connectivity index (χ4n) is 2.41. The van der Waals surface area contributed by atoms with E-state index >= 15 is 0 Å². The molecule has 0 aliphatic carbocycles. The molecule has 2 amide bonds. The van der Waals surface area contributed by atoms with Gasteiger partial charge in [0.15, 0.2) is 5.71 Å². The standard InChI is InChI=1S/C13H19N5O.C9H11NO.C3H4F2O2/c1-9(12(13(14)19)18-16-3)17-8-10-5-4-6-11(7-10)15-2;1-7-3-4-9(10-6-11)5-8(7)2;1-3(4,5)2(6)7/h4-7,15-17H,1,8H2,2-3H3,(H2,14,19);3-6H,1-2H3,(H,10,11);1H3,(H,6,7)/b18-12+;;. The first-order valence-electron chi connectivity index (χ1n) is 10.9. The van der Waals surface area contributed by atoms with Crippen LogP contribution in [-0.2, 0) is 20.9 Å². The Hall–Kier alpha value is -4.48. The Kier molecular flexibility index (Phi) is 14.3. The van der Waals surface area contributed by atoms with Crippen molar-refractivity contribution in [1.29, 1.82) is 0 Å². The number of benzene rings is 2. The molecule has 2 rings (SSSR count). The number of primary amides is 1. The van der Waals surface area contributed by atoms with E-state index in [4.69, 9.17) is 10.8 Å². The van der Waals surface area contributed by atoms with Crippen molar-refractivity contribution in [2.24, 2.45) is 10.8 Å². The zero-order valence-electron chi connectivity index (χ0n) is 21.5. The quantitative estimate of drug-likeness (QED) is 0.160. The number of nitrogens with one attached hydrogen (secondary N) is 4. The normalized spacial score (nSPS) is 10.4. The first-order valence-corrected chi connectivity index (χ1v) is 10.9. The van der Waals surface area contributed by atoms with Crippen molar-refractivity contribution in [2.75, 3.05) is 24.7 Å². The second-order valence-corrected chi connectivity index (χ2v) is 7.59. The molecule has 0 bridgehead atoms. The van der Waals surface area contributed by atoms with Crippen LogP contribution in [-0.4, -0.2) is 49.1 Å². The van der Waals surface area contributed by atoms with Crippen LogP contribution in [0.3, 0.4) is 0 Å². The SMILES string of the molecule is C=C(NCc1cccc(NC)c1)/C(=N\NC)C(N)=O.CC(F)(F)C(=O)O.Cc1ccc(NC=O)cc1C. The van der Waals surface area contributed by atoms with Gasteiger partial charge in [-0.3, -0.25) is 9.59 Å². The summed E-state index contributed by atoms with van der Waals surface area (Å²) in [6, 6.07) is 13.7. The van der Waals surface area contributed by atoms with Gasteiger partial charge in [0.05, 0.1) is 5.70 Å². The minimum Gasteiger partial charge on any atom is -0.477 e. The van der Waals surface area contributed by atoms with Crippen molar-refractivity contribution in [3.8, 4) is 0 Å². The summed E-state index contributed by atoms with van der Waals surface area (Å²) in [5.74, 6) is -6.30. The number of carbonyl (C=O) groups is 3. The second kappa shape index (κ2) is 16.2. The Balaban J connectivity index is 0.000000604. The highest BCUT2D eigenvalue weighted by Crippen LogP contribution is 2.13. The minimum atomic E-state index is -3.58. The number of halogens is 2. The van der Waals surface area contributed by atoms with Crippen molar-refractivity contribution in [3.63, 3.8) is 0 Å². The van der Waals surface area contributed by atoms with E-state index in [1.807, 2.05) is 63.4 Å². The Bertz CT molecular complexity index is 1100. The van der Waals surface area contributed by atoms with Crippen LogP contribution in [0.5, 0.6) is 0 Å². The van der Waals surface area contributed by atoms with E-state index in [2.05, 4.69) is 33.1 Å². The zero-order chi connectivity index (χ0) is 28.6. The molecule has 10 nitrogen and oxygen atoms in total. The molecule has 0 radical (unpaired) electrons. The van der Waals surface area contributed by atoms with Crippen LogP contribution in [0.15, 0.2) is 59.8 Å². The number of hydrogen-bond acceptors (Lipinski definition) is 7. The van der Waals surface area contributed by atoms with Crippen molar-refractivity contribution in [3.05, 3.63) is 71.4 Å². The average Bonchev–Trinajstić information content (AvgIpc) is 2.83. The summed E-state index contributed by atoms with van der Waals surface area (Å²) >= 11 is 0. The monoisotopic (exact) mass is 520 g/mol. The van der Waals surface area contributed by atoms with E-state index < -0.39 is 17.8 Å². The van der Waals surface area contributed by atoms with Gasteiger partial charge in [-0.05, 0) is 54.8 Å². The van der Waals surface area contributed by atoms with E-state index in [0.717, 1.165) is 16.9 Å². The number of nitrogens with zero attached hydrogens (tertiary/aromatic N) is 1. The molecule has 0 spiro atoms. The predicted molar refractivity (Wildman–Crippen MR) is 142 cm³/mol. The van der Waals surface area contributed by atoms with E-state index in [1.54, 1.807) is 7.05 Å². The highest BCUT2D eigenvalue weighted by Gasteiger charge is 2.31. The van der Waals surface area contributed by atoms with Gasteiger partial charge in [0.1, 0.15) is 0 Å². The van der Waals surface area contributed by atoms with Crippen LogP contribution in [0, 0.1) is 13.8 Å².